The second kappa shape index (κ2) is 15.6. The van der Waals surface area contributed by atoms with Crippen molar-refractivity contribution >= 4 is 38.6 Å². The van der Waals surface area contributed by atoms with Gasteiger partial charge in [0.1, 0.15) is 0 Å². The normalized spacial score (nSPS) is 12.5. The molecular formula is C63H43N. The van der Waals surface area contributed by atoms with Gasteiger partial charge in [0.05, 0.1) is 5.41 Å². The van der Waals surface area contributed by atoms with Crippen molar-refractivity contribution in [1.82, 2.24) is 0 Å². The maximum Gasteiger partial charge on any atom is 0.0714 e. The van der Waals surface area contributed by atoms with Gasteiger partial charge < -0.3 is 4.90 Å². The van der Waals surface area contributed by atoms with Crippen LogP contribution in [0.3, 0.4) is 0 Å². The van der Waals surface area contributed by atoms with Crippen molar-refractivity contribution in [3.8, 4) is 44.5 Å². The van der Waals surface area contributed by atoms with Gasteiger partial charge in [-0.1, -0.05) is 218 Å². The third-order valence-electron chi connectivity index (χ3n) is 13.4. The van der Waals surface area contributed by atoms with Crippen molar-refractivity contribution in [1.29, 1.82) is 0 Å². The number of nitrogens with zero attached hydrogens (tertiary/aromatic N) is 1. The van der Waals surface area contributed by atoms with E-state index in [1.54, 1.807) is 0 Å². The first-order chi connectivity index (χ1) is 31.7. The van der Waals surface area contributed by atoms with E-state index in [0.29, 0.717) is 0 Å². The van der Waals surface area contributed by atoms with Crippen LogP contribution in [0.25, 0.3) is 66.1 Å². The summed E-state index contributed by atoms with van der Waals surface area (Å²) in [6, 6.07) is 95.8. The number of fused-ring (bicyclic) bond motifs is 6. The zero-order chi connectivity index (χ0) is 42.5. The van der Waals surface area contributed by atoms with E-state index < -0.39 is 5.41 Å². The molecule has 0 unspecified atom stereocenters. The van der Waals surface area contributed by atoms with Crippen molar-refractivity contribution in [3.63, 3.8) is 0 Å². The lowest BCUT2D eigenvalue weighted by Gasteiger charge is -2.35. The van der Waals surface area contributed by atoms with Crippen LogP contribution in [0.2, 0.25) is 0 Å². The second-order valence-corrected chi connectivity index (χ2v) is 16.8. The Balaban J connectivity index is 1.02. The van der Waals surface area contributed by atoms with Crippen LogP contribution < -0.4 is 4.90 Å². The summed E-state index contributed by atoms with van der Waals surface area (Å²) in [5.74, 6) is 0. The third-order valence-corrected chi connectivity index (χ3v) is 13.4. The van der Waals surface area contributed by atoms with Gasteiger partial charge in [-0.05, 0) is 131 Å². The van der Waals surface area contributed by atoms with Gasteiger partial charge in [-0.2, -0.15) is 0 Å². The Morgan fingerprint density at radius 3 is 1.39 bits per heavy atom. The molecule has 300 valence electrons. The van der Waals surface area contributed by atoms with Crippen molar-refractivity contribution < 1.29 is 0 Å². The molecule has 0 atom stereocenters. The molecule has 11 aromatic carbocycles. The molecule has 1 nitrogen and oxygen atoms in total. The second-order valence-electron chi connectivity index (χ2n) is 16.8. The molecule has 0 N–H and O–H groups in total. The number of benzene rings is 11. The highest BCUT2D eigenvalue weighted by Gasteiger charge is 2.46. The number of hydrogen-bond donors (Lipinski definition) is 0. The molecule has 0 radical (unpaired) electrons. The molecule has 0 bridgehead atoms. The molecule has 0 heterocycles. The molecule has 64 heavy (non-hydrogen) atoms. The van der Waals surface area contributed by atoms with Gasteiger partial charge in [0.15, 0.2) is 0 Å². The van der Waals surface area contributed by atoms with Crippen LogP contribution >= 0.6 is 0 Å². The number of hydrogen-bond acceptors (Lipinski definition) is 1. The fourth-order valence-corrected chi connectivity index (χ4v) is 10.4. The van der Waals surface area contributed by atoms with E-state index in [2.05, 4.69) is 266 Å². The van der Waals surface area contributed by atoms with Gasteiger partial charge in [-0.3, -0.25) is 0 Å². The molecule has 0 spiro atoms. The fraction of sp³-hybridized carbons (Fsp3) is 0.0159. The van der Waals surface area contributed by atoms with E-state index in [-0.39, 0.29) is 0 Å². The quantitative estimate of drug-likeness (QED) is 0.138. The van der Waals surface area contributed by atoms with E-state index in [1.165, 1.54) is 88.3 Å². The van der Waals surface area contributed by atoms with Gasteiger partial charge in [0.25, 0.3) is 0 Å². The van der Waals surface area contributed by atoms with Gasteiger partial charge in [-0.25, -0.2) is 0 Å². The molecule has 1 aliphatic rings. The highest BCUT2D eigenvalue weighted by molar-refractivity contribution is 6.08. The molecule has 0 saturated heterocycles. The number of anilines is 3. The molecular weight excluding hydrogens is 771 g/mol. The topological polar surface area (TPSA) is 3.24 Å². The molecule has 0 fully saturated rings. The van der Waals surface area contributed by atoms with Crippen molar-refractivity contribution in [2.24, 2.45) is 0 Å². The Kier molecular flexibility index (Phi) is 9.13. The predicted molar refractivity (Wildman–Crippen MR) is 270 cm³/mol. The lowest BCUT2D eigenvalue weighted by atomic mass is 9.67. The zero-order valence-corrected chi connectivity index (χ0v) is 35.3. The summed E-state index contributed by atoms with van der Waals surface area (Å²) in [4.78, 5) is 2.42. The van der Waals surface area contributed by atoms with E-state index >= 15 is 0 Å². The third kappa shape index (κ3) is 6.16. The molecule has 1 aliphatic carbocycles. The maximum absolute atomic E-state index is 2.45. The van der Waals surface area contributed by atoms with Crippen LogP contribution in [-0.4, -0.2) is 0 Å². The van der Waals surface area contributed by atoms with E-state index in [0.717, 1.165) is 17.1 Å². The fourth-order valence-electron chi connectivity index (χ4n) is 10.4. The number of rotatable bonds is 8. The predicted octanol–water partition coefficient (Wildman–Crippen LogP) is 16.8. The van der Waals surface area contributed by atoms with Gasteiger partial charge in [0, 0.05) is 17.1 Å². The first kappa shape index (κ1) is 37.5. The first-order valence-electron chi connectivity index (χ1n) is 22.2. The molecule has 1 heteroatoms. The summed E-state index contributed by atoms with van der Waals surface area (Å²) in [6.07, 6.45) is 0. The first-order valence-corrected chi connectivity index (χ1v) is 22.2. The highest BCUT2D eigenvalue weighted by Crippen LogP contribution is 2.57. The SMILES string of the molecule is c1ccc(-c2ccccc2-c2ccc(N(c3ccc(-c4ccc5c(ccc6ccccc65)c4)cc3)c3ccc4c(c3)C(c3ccccc3)(c3ccccc3)c3ccccc3-4)cc2)cc1. The summed E-state index contributed by atoms with van der Waals surface area (Å²) in [5, 5.41) is 5.07. The zero-order valence-electron chi connectivity index (χ0n) is 35.3. The molecule has 0 aliphatic heterocycles. The minimum Gasteiger partial charge on any atom is -0.310 e. The van der Waals surface area contributed by atoms with E-state index in [9.17, 15) is 0 Å². The summed E-state index contributed by atoms with van der Waals surface area (Å²) in [5.41, 5.74) is 17.6. The average molecular weight is 814 g/mol. The Bertz CT molecular complexity index is 3420. The lowest BCUT2D eigenvalue weighted by molar-refractivity contribution is 0.768. The Hall–Kier alpha value is -8.26. The van der Waals surface area contributed by atoms with Crippen LogP contribution in [-0.2, 0) is 5.41 Å². The minimum atomic E-state index is -0.508. The minimum absolute atomic E-state index is 0.508. The summed E-state index contributed by atoms with van der Waals surface area (Å²) in [6.45, 7) is 0. The van der Waals surface area contributed by atoms with Crippen molar-refractivity contribution in [2.45, 2.75) is 5.41 Å². The van der Waals surface area contributed by atoms with Crippen molar-refractivity contribution in [3.05, 3.63) is 283 Å². The molecule has 0 amide bonds. The molecule has 12 rings (SSSR count). The Labute approximate surface area is 374 Å². The van der Waals surface area contributed by atoms with Crippen LogP contribution in [0.15, 0.2) is 261 Å². The smallest absolute Gasteiger partial charge is 0.0714 e. The van der Waals surface area contributed by atoms with Gasteiger partial charge in [-0.15, -0.1) is 0 Å². The van der Waals surface area contributed by atoms with Crippen LogP contribution in [0.1, 0.15) is 22.3 Å². The largest absolute Gasteiger partial charge is 0.310 e. The lowest BCUT2D eigenvalue weighted by Crippen LogP contribution is -2.28. The van der Waals surface area contributed by atoms with Gasteiger partial charge >= 0.3 is 0 Å². The average Bonchev–Trinajstić information content (AvgIpc) is 3.68. The van der Waals surface area contributed by atoms with E-state index in [4.69, 9.17) is 0 Å². The highest BCUT2D eigenvalue weighted by atomic mass is 15.1. The summed E-state index contributed by atoms with van der Waals surface area (Å²) >= 11 is 0. The van der Waals surface area contributed by atoms with E-state index in [1.807, 2.05) is 0 Å². The maximum atomic E-state index is 2.45. The Morgan fingerprint density at radius 1 is 0.250 bits per heavy atom. The van der Waals surface area contributed by atoms with Crippen LogP contribution in [0, 0.1) is 0 Å². The molecule has 0 aromatic heterocycles. The molecule has 11 aromatic rings. The Morgan fingerprint density at radius 2 is 0.719 bits per heavy atom. The summed E-state index contributed by atoms with van der Waals surface area (Å²) < 4.78 is 0. The van der Waals surface area contributed by atoms with Crippen LogP contribution in [0.5, 0.6) is 0 Å². The van der Waals surface area contributed by atoms with Crippen molar-refractivity contribution in [2.75, 3.05) is 4.90 Å². The molecule has 0 saturated carbocycles. The monoisotopic (exact) mass is 813 g/mol. The standard InChI is InChI=1S/C63H43N/c1-4-16-45(17-5-1)55-24-12-13-25-57(55)47-32-37-53(38-33-47)64(52-35-30-44(31-36-52)48-34-40-58-49(42-48)29-28-46-18-10-11-23-56(46)58)54-39-41-60-59-26-14-15-27-61(59)63(62(60)43-54,50-19-6-2-7-20-50)51-21-8-3-9-22-51/h1-43H. The van der Waals surface area contributed by atoms with Crippen LogP contribution in [0.4, 0.5) is 17.1 Å². The van der Waals surface area contributed by atoms with Gasteiger partial charge in [0.2, 0.25) is 0 Å². The summed E-state index contributed by atoms with van der Waals surface area (Å²) in [7, 11) is 0.